The van der Waals surface area contributed by atoms with Crippen molar-refractivity contribution in [1.82, 2.24) is 4.90 Å². The van der Waals surface area contributed by atoms with Gasteiger partial charge >= 0.3 is 6.18 Å². The minimum Gasteiger partial charge on any atom is -0.378 e. The zero-order valence-corrected chi connectivity index (χ0v) is 14.5. The number of benzene rings is 2. The third kappa shape index (κ3) is 5.24. The van der Waals surface area contributed by atoms with Crippen molar-refractivity contribution in [3.05, 3.63) is 65.2 Å². The lowest BCUT2D eigenvalue weighted by Gasteiger charge is -2.19. The van der Waals surface area contributed by atoms with Crippen LogP contribution in [0.5, 0.6) is 0 Å². The van der Waals surface area contributed by atoms with Gasteiger partial charge in [0.05, 0.1) is 12.0 Å². The van der Waals surface area contributed by atoms with E-state index in [-0.39, 0.29) is 12.3 Å². The molecular formula is C19H21F3N2O. The summed E-state index contributed by atoms with van der Waals surface area (Å²) in [6, 6.07) is 12.7. The van der Waals surface area contributed by atoms with Crippen LogP contribution >= 0.6 is 0 Å². The maximum atomic E-state index is 12.7. The first-order chi connectivity index (χ1) is 11.7. The topological polar surface area (TPSA) is 23.6 Å². The third-order valence-corrected chi connectivity index (χ3v) is 3.91. The summed E-state index contributed by atoms with van der Waals surface area (Å²) in [5, 5.41) is 0. The van der Waals surface area contributed by atoms with Gasteiger partial charge in [-0.2, -0.15) is 13.2 Å². The van der Waals surface area contributed by atoms with Crippen LogP contribution in [0.15, 0.2) is 48.5 Å². The molecule has 0 heterocycles. The first-order valence-corrected chi connectivity index (χ1v) is 7.83. The van der Waals surface area contributed by atoms with E-state index in [4.69, 9.17) is 0 Å². The van der Waals surface area contributed by atoms with Crippen LogP contribution in [0.1, 0.15) is 16.7 Å². The van der Waals surface area contributed by atoms with Gasteiger partial charge in [0.15, 0.2) is 0 Å². The Morgan fingerprint density at radius 1 is 0.960 bits per heavy atom. The van der Waals surface area contributed by atoms with E-state index in [0.29, 0.717) is 12.1 Å². The van der Waals surface area contributed by atoms with Crippen LogP contribution in [-0.2, 0) is 23.9 Å². The number of nitrogens with zero attached hydrogens (tertiary/aromatic N) is 2. The molecule has 0 aliphatic heterocycles. The molecule has 0 aliphatic rings. The maximum Gasteiger partial charge on any atom is 0.416 e. The molecule has 0 aromatic heterocycles. The van der Waals surface area contributed by atoms with Gasteiger partial charge in [-0.15, -0.1) is 0 Å². The Bertz CT molecular complexity index is 724. The van der Waals surface area contributed by atoms with Crippen molar-refractivity contribution in [2.75, 3.05) is 26.0 Å². The van der Waals surface area contributed by atoms with E-state index in [9.17, 15) is 18.0 Å². The molecule has 0 fully saturated rings. The van der Waals surface area contributed by atoms with Crippen LogP contribution in [0.4, 0.5) is 18.9 Å². The van der Waals surface area contributed by atoms with Gasteiger partial charge < -0.3 is 9.80 Å². The second kappa shape index (κ2) is 7.59. The van der Waals surface area contributed by atoms with Gasteiger partial charge in [-0.25, -0.2) is 0 Å². The average Bonchev–Trinajstić information content (AvgIpc) is 2.54. The fraction of sp³-hybridized carbons (Fsp3) is 0.316. The highest BCUT2D eigenvalue weighted by atomic mass is 19.4. The van der Waals surface area contributed by atoms with E-state index in [0.717, 1.165) is 23.4 Å². The van der Waals surface area contributed by atoms with E-state index in [1.54, 1.807) is 7.05 Å². The normalized spacial score (nSPS) is 11.3. The number of amides is 1. The van der Waals surface area contributed by atoms with E-state index in [2.05, 4.69) is 0 Å². The number of rotatable bonds is 5. The Morgan fingerprint density at radius 2 is 1.60 bits per heavy atom. The number of alkyl halides is 3. The fourth-order valence-electron chi connectivity index (χ4n) is 2.43. The Morgan fingerprint density at radius 3 is 2.16 bits per heavy atom. The van der Waals surface area contributed by atoms with Crippen LogP contribution in [0.3, 0.4) is 0 Å². The molecule has 0 unspecified atom stereocenters. The Kier molecular flexibility index (Phi) is 5.72. The molecule has 6 heteroatoms. The molecule has 0 bridgehead atoms. The smallest absolute Gasteiger partial charge is 0.378 e. The summed E-state index contributed by atoms with van der Waals surface area (Å²) in [4.78, 5) is 15.8. The maximum absolute atomic E-state index is 12.7. The van der Waals surface area contributed by atoms with Crippen LogP contribution in [0, 0.1) is 0 Å². The monoisotopic (exact) mass is 350 g/mol. The van der Waals surface area contributed by atoms with Crippen LogP contribution in [0.25, 0.3) is 0 Å². The number of hydrogen-bond donors (Lipinski definition) is 0. The van der Waals surface area contributed by atoms with E-state index in [1.807, 2.05) is 43.3 Å². The minimum absolute atomic E-state index is 0.0593. The molecule has 3 nitrogen and oxygen atoms in total. The van der Waals surface area contributed by atoms with Gasteiger partial charge in [-0.3, -0.25) is 4.79 Å². The first kappa shape index (κ1) is 18.8. The number of anilines is 1. The quantitative estimate of drug-likeness (QED) is 0.815. The highest BCUT2D eigenvalue weighted by molar-refractivity contribution is 5.78. The lowest BCUT2D eigenvalue weighted by atomic mass is 10.1. The summed E-state index contributed by atoms with van der Waals surface area (Å²) in [5.74, 6) is -0.226. The van der Waals surface area contributed by atoms with Crippen molar-refractivity contribution in [3.8, 4) is 0 Å². The predicted octanol–water partition coefficient (Wildman–Crippen LogP) is 3.97. The standard InChI is InChI=1S/C19H21F3N2O/c1-23(2)17-9-7-14(8-10-17)13-24(3)18(25)12-15-5-4-6-16(11-15)19(20,21)22/h4-11H,12-13H2,1-3H3. The Labute approximate surface area is 145 Å². The molecule has 2 aromatic carbocycles. The van der Waals surface area contributed by atoms with Crippen molar-refractivity contribution in [3.63, 3.8) is 0 Å². The number of likely N-dealkylation sites (N-methyl/N-ethyl adjacent to an activating group) is 1. The molecule has 1 amide bonds. The average molecular weight is 350 g/mol. The highest BCUT2D eigenvalue weighted by Crippen LogP contribution is 2.29. The summed E-state index contributed by atoms with van der Waals surface area (Å²) in [6.07, 6.45) is -4.46. The zero-order chi connectivity index (χ0) is 18.6. The largest absolute Gasteiger partial charge is 0.416 e. The number of carbonyl (C=O) groups excluding carboxylic acids is 1. The van der Waals surface area contributed by atoms with Gasteiger partial charge in [0.25, 0.3) is 0 Å². The second-order valence-electron chi connectivity index (χ2n) is 6.19. The van der Waals surface area contributed by atoms with Crippen molar-refractivity contribution in [2.24, 2.45) is 0 Å². The molecule has 0 N–H and O–H groups in total. The summed E-state index contributed by atoms with van der Waals surface area (Å²) < 4.78 is 38.2. The molecule has 0 saturated carbocycles. The second-order valence-corrected chi connectivity index (χ2v) is 6.19. The van der Waals surface area contributed by atoms with Crippen molar-refractivity contribution in [2.45, 2.75) is 19.1 Å². The molecule has 0 atom stereocenters. The van der Waals surface area contributed by atoms with E-state index < -0.39 is 11.7 Å². The van der Waals surface area contributed by atoms with Crippen LogP contribution in [-0.4, -0.2) is 32.0 Å². The molecule has 0 saturated heterocycles. The summed E-state index contributed by atoms with van der Waals surface area (Å²) in [6.45, 7) is 0.408. The van der Waals surface area contributed by atoms with Crippen LogP contribution in [0.2, 0.25) is 0 Å². The Hall–Kier alpha value is -2.50. The molecule has 0 aliphatic carbocycles. The lowest BCUT2D eigenvalue weighted by molar-refractivity contribution is -0.138. The SMILES string of the molecule is CN(Cc1ccc(N(C)C)cc1)C(=O)Cc1cccc(C(F)(F)F)c1. The summed E-state index contributed by atoms with van der Waals surface area (Å²) in [7, 11) is 5.54. The van der Waals surface area contributed by atoms with Gasteiger partial charge in [0, 0.05) is 33.4 Å². The fourth-order valence-corrected chi connectivity index (χ4v) is 2.43. The Balaban J connectivity index is 2.00. The van der Waals surface area contributed by atoms with Gasteiger partial charge in [0.1, 0.15) is 0 Å². The van der Waals surface area contributed by atoms with Gasteiger partial charge in [-0.1, -0.05) is 30.3 Å². The molecule has 25 heavy (non-hydrogen) atoms. The molecule has 2 rings (SSSR count). The first-order valence-electron chi connectivity index (χ1n) is 7.83. The number of halogens is 3. The summed E-state index contributed by atoms with van der Waals surface area (Å²) >= 11 is 0. The van der Waals surface area contributed by atoms with E-state index in [1.165, 1.54) is 17.0 Å². The van der Waals surface area contributed by atoms with Gasteiger partial charge in [0.2, 0.25) is 5.91 Å². The number of carbonyl (C=O) groups is 1. The van der Waals surface area contributed by atoms with Crippen molar-refractivity contribution >= 4 is 11.6 Å². The third-order valence-electron chi connectivity index (χ3n) is 3.91. The minimum atomic E-state index is -4.40. The lowest BCUT2D eigenvalue weighted by Crippen LogP contribution is -2.27. The molecule has 134 valence electrons. The molecule has 0 radical (unpaired) electrons. The van der Waals surface area contributed by atoms with Gasteiger partial charge in [-0.05, 0) is 29.3 Å². The summed E-state index contributed by atoms with van der Waals surface area (Å²) in [5.41, 5.74) is 1.64. The number of hydrogen-bond acceptors (Lipinski definition) is 2. The van der Waals surface area contributed by atoms with E-state index >= 15 is 0 Å². The zero-order valence-electron chi connectivity index (χ0n) is 14.5. The van der Waals surface area contributed by atoms with Crippen molar-refractivity contribution in [1.29, 1.82) is 0 Å². The molecule has 0 spiro atoms. The van der Waals surface area contributed by atoms with Crippen molar-refractivity contribution < 1.29 is 18.0 Å². The molecule has 2 aromatic rings. The molecular weight excluding hydrogens is 329 g/mol. The highest BCUT2D eigenvalue weighted by Gasteiger charge is 2.30. The predicted molar refractivity (Wildman–Crippen MR) is 92.4 cm³/mol. The van der Waals surface area contributed by atoms with Crippen LogP contribution < -0.4 is 4.90 Å².